The Labute approximate surface area is 95.4 Å². The largest absolute Gasteiger partial charge is 0.481 e. The fraction of sp³-hybridized carbons (Fsp3) is 0.625. The molecule has 0 bridgehead atoms. The van der Waals surface area contributed by atoms with Crippen LogP contribution in [0.4, 0.5) is 0 Å². The maximum absolute atomic E-state index is 11.0. The summed E-state index contributed by atoms with van der Waals surface area (Å²) in [6.07, 6.45) is 0.838. The Balaban J connectivity index is 3.37. The highest BCUT2D eigenvalue weighted by Crippen LogP contribution is 1.95. The van der Waals surface area contributed by atoms with Gasteiger partial charge in [0.15, 0.2) is 3.79 Å². The summed E-state index contributed by atoms with van der Waals surface area (Å²) in [7, 11) is 0. The van der Waals surface area contributed by atoms with Crippen molar-refractivity contribution in [1.29, 1.82) is 0 Å². The van der Waals surface area contributed by atoms with Crippen LogP contribution >= 0.6 is 22.6 Å². The number of hydrogen-bond acceptors (Lipinski definition) is 3. The molecule has 0 saturated carbocycles. The molecule has 0 aromatic heterocycles. The van der Waals surface area contributed by atoms with Gasteiger partial charge in [-0.05, 0) is 29.0 Å². The zero-order valence-corrected chi connectivity index (χ0v) is 9.74. The molecule has 0 atom stereocenters. The SMILES string of the molecule is O=C(O)CCCC(=O)NCCC(=O)I. The van der Waals surface area contributed by atoms with Crippen molar-refractivity contribution in [2.24, 2.45) is 0 Å². The summed E-state index contributed by atoms with van der Waals surface area (Å²) < 4.78 is -0.00608. The van der Waals surface area contributed by atoms with Crippen molar-refractivity contribution in [3.8, 4) is 0 Å². The van der Waals surface area contributed by atoms with Crippen LogP contribution in [0, 0.1) is 0 Å². The summed E-state index contributed by atoms with van der Waals surface area (Å²) in [5, 5.41) is 10.8. The summed E-state index contributed by atoms with van der Waals surface area (Å²) in [5.41, 5.74) is 0. The molecule has 0 aliphatic carbocycles. The smallest absolute Gasteiger partial charge is 0.303 e. The molecule has 0 radical (unpaired) electrons. The number of aliphatic carboxylic acids is 1. The maximum Gasteiger partial charge on any atom is 0.303 e. The van der Waals surface area contributed by atoms with Crippen LogP contribution in [0.5, 0.6) is 0 Å². The molecule has 80 valence electrons. The van der Waals surface area contributed by atoms with E-state index in [0.29, 0.717) is 19.4 Å². The highest BCUT2D eigenvalue weighted by Gasteiger charge is 2.03. The quantitative estimate of drug-likeness (QED) is 0.535. The van der Waals surface area contributed by atoms with Crippen LogP contribution in [-0.2, 0) is 14.4 Å². The summed E-state index contributed by atoms with van der Waals surface area (Å²) in [6, 6.07) is 0. The Morgan fingerprint density at radius 3 is 2.29 bits per heavy atom. The van der Waals surface area contributed by atoms with Crippen LogP contribution in [0.2, 0.25) is 0 Å². The van der Waals surface area contributed by atoms with Crippen LogP contribution in [-0.4, -0.2) is 27.3 Å². The lowest BCUT2D eigenvalue weighted by Gasteiger charge is -2.01. The molecule has 0 rings (SSSR count). The van der Waals surface area contributed by atoms with Gasteiger partial charge in [-0.15, -0.1) is 0 Å². The zero-order chi connectivity index (χ0) is 11.0. The third-order valence-electron chi connectivity index (χ3n) is 1.44. The maximum atomic E-state index is 11.0. The van der Waals surface area contributed by atoms with Gasteiger partial charge in [0.05, 0.1) is 0 Å². The number of amides is 1. The first-order chi connectivity index (χ1) is 6.52. The van der Waals surface area contributed by atoms with E-state index in [1.165, 1.54) is 0 Å². The molecule has 6 heteroatoms. The number of halogens is 1. The Kier molecular flexibility index (Phi) is 7.35. The lowest BCUT2D eigenvalue weighted by atomic mass is 10.2. The molecule has 2 N–H and O–H groups in total. The van der Waals surface area contributed by atoms with Crippen LogP contribution in [0.15, 0.2) is 0 Å². The van der Waals surface area contributed by atoms with E-state index >= 15 is 0 Å². The number of carbonyl (C=O) groups is 3. The predicted octanol–water partition coefficient (Wildman–Crippen LogP) is 0.709. The molecular formula is C8H12INO4. The lowest BCUT2D eigenvalue weighted by molar-refractivity contribution is -0.137. The first-order valence-electron chi connectivity index (χ1n) is 4.19. The summed E-state index contributed by atoms with van der Waals surface area (Å²) in [4.78, 5) is 31.6. The van der Waals surface area contributed by atoms with Crippen molar-refractivity contribution in [1.82, 2.24) is 5.32 Å². The number of hydrogen-bond donors (Lipinski definition) is 2. The Hall–Kier alpha value is -0.660. The highest BCUT2D eigenvalue weighted by atomic mass is 127. The summed E-state index contributed by atoms with van der Waals surface area (Å²) in [6.45, 7) is 0.327. The normalized spacial score (nSPS) is 9.50. The number of carbonyl (C=O) groups excluding carboxylic acids is 2. The van der Waals surface area contributed by atoms with Crippen LogP contribution < -0.4 is 5.32 Å². The van der Waals surface area contributed by atoms with Crippen molar-refractivity contribution in [3.05, 3.63) is 0 Å². The van der Waals surface area contributed by atoms with Gasteiger partial charge in [0.25, 0.3) is 0 Å². The second-order valence-corrected chi connectivity index (χ2v) is 3.91. The highest BCUT2D eigenvalue weighted by molar-refractivity contribution is 14.1. The Morgan fingerprint density at radius 1 is 1.14 bits per heavy atom. The first-order valence-corrected chi connectivity index (χ1v) is 5.27. The van der Waals surface area contributed by atoms with Crippen molar-refractivity contribution < 1.29 is 19.5 Å². The number of nitrogens with one attached hydrogen (secondary N) is 1. The lowest BCUT2D eigenvalue weighted by Crippen LogP contribution is -2.25. The van der Waals surface area contributed by atoms with Crippen LogP contribution in [0.3, 0.4) is 0 Å². The molecule has 5 nitrogen and oxygen atoms in total. The van der Waals surface area contributed by atoms with Crippen molar-refractivity contribution in [2.75, 3.05) is 6.54 Å². The molecule has 0 aliphatic heterocycles. The molecule has 0 saturated heterocycles. The Bertz CT molecular complexity index is 207. The minimum atomic E-state index is -0.903. The van der Waals surface area contributed by atoms with Gasteiger partial charge in [0.2, 0.25) is 5.91 Å². The minimum Gasteiger partial charge on any atom is -0.481 e. The topological polar surface area (TPSA) is 83.5 Å². The molecule has 0 aromatic carbocycles. The molecule has 0 aliphatic rings. The fourth-order valence-corrected chi connectivity index (χ4v) is 1.06. The molecule has 1 amide bonds. The summed E-state index contributed by atoms with van der Waals surface area (Å²) >= 11 is 1.66. The van der Waals surface area contributed by atoms with E-state index in [1.807, 2.05) is 0 Å². The van der Waals surface area contributed by atoms with Gasteiger partial charge in [-0.3, -0.25) is 14.4 Å². The van der Waals surface area contributed by atoms with Gasteiger partial charge in [-0.2, -0.15) is 0 Å². The number of carboxylic acids is 1. The van der Waals surface area contributed by atoms with Crippen molar-refractivity contribution in [2.45, 2.75) is 25.7 Å². The first kappa shape index (κ1) is 13.3. The van der Waals surface area contributed by atoms with E-state index in [4.69, 9.17) is 5.11 Å². The molecule has 0 heterocycles. The number of carboxylic acid groups (broad SMARTS) is 1. The third kappa shape index (κ3) is 9.43. The van der Waals surface area contributed by atoms with Crippen molar-refractivity contribution >= 4 is 38.3 Å². The molecule has 0 aromatic rings. The molecular weight excluding hydrogens is 301 g/mol. The van der Waals surface area contributed by atoms with E-state index in [9.17, 15) is 14.4 Å². The third-order valence-corrected chi connectivity index (χ3v) is 1.98. The second-order valence-electron chi connectivity index (χ2n) is 2.70. The van der Waals surface area contributed by atoms with E-state index in [-0.39, 0.29) is 22.5 Å². The Morgan fingerprint density at radius 2 is 1.79 bits per heavy atom. The van der Waals surface area contributed by atoms with Gasteiger partial charge in [0.1, 0.15) is 0 Å². The van der Waals surface area contributed by atoms with Gasteiger partial charge in [-0.25, -0.2) is 0 Å². The molecule has 0 unspecified atom stereocenters. The standard InChI is InChI=1S/C8H12INO4/c9-6(11)4-5-10-7(12)2-1-3-8(13)14/h1-5H2,(H,10,12)(H,13,14). The summed E-state index contributed by atoms with van der Waals surface area (Å²) in [5.74, 6) is -1.11. The second kappa shape index (κ2) is 7.72. The van der Waals surface area contributed by atoms with Gasteiger partial charge >= 0.3 is 5.97 Å². The molecule has 14 heavy (non-hydrogen) atoms. The van der Waals surface area contributed by atoms with Gasteiger partial charge in [-0.1, -0.05) is 0 Å². The zero-order valence-electron chi connectivity index (χ0n) is 7.59. The van der Waals surface area contributed by atoms with E-state index in [2.05, 4.69) is 5.32 Å². The van der Waals surface area contributed by atoms with Gasteiger partial charge < -0.3 is 10.4 Å². The monoisotopic (exact) mass is 313 g/mol. The van der Waals surface area contributed by atoms with E-state index in [1.54, 1.807) is 22.6 Å². The minimum absolute atomic E-state index is 0.00135. The fourth-order valence-electron chi connectivity index (χ4n) is 0.789. The number of rotatable bonds is 7. The van der Waals surface area contributed by atoms with E-state index in [0.717, 1.165) is 0 Å². The molecule has 0 fully saturated rings. The average Bonchev–Trinajstić information content (AvgIpc) is 2.02. The average molecular weight is 313 g/mol. The van der Waals surface area contributed by atoms with Crippen molar-refractivity contribution in [3.63, 3.8) is 0 Å². The van der Waals surface area contributed by atoms with Crippen LogP contribution in [0.25, 0.3) is 0 Å². The predicted molar refractivity (Wildman–Crippen MR) is 58.1 cm³/mol. The van der Waals surface area contributed by atoms with Gasteiger partial charge in [0, 0.05) is 25.8 Å². The van der Waals surface area contributed by atoms with E-state index < -0.39 is 5.97 Å². The van der Waals surface area contributed by atoms with Crippen LogP contribution in [0.1, 0.15) is 25.7 Å². The molecule has 0 spiro atoms.